The molecule has 35 heavy (non-hydrogen) atoms. The van der Waals surface area contributed by atoms with Crippen molar-refractivity contribution < 1.29 is 22.4 Å². The van der Waals surface area contributed by atoms with E-state index in [1.807, 2.05) is 19.1 Å². The number of carbonyl (C=O) groups is 2. The van der Waals surface area contributed by atoms with E-state index in [1.165, 1.54) is 37.2 Å². The molecule has 2 aromatic carbocycles. The molecular weight excluding hydrogens is 539 g/mol. The van der Waals surface area contributed by atoms with Crippen molar-refractivity contribution in [3.8, 4) is 0 Å². The molecule has 2 aromatic rings. The number of hydrogen-bond donors (Lipinski definition) is 1. The number of nitrogens with one attached hydrogen (secondary N) is 1. The number of anilines is 1. The van der Waals surface area contributed by atoms with Crippen LogP contribution in [0.2, 0.25) is 0 Å². The van der Waals surface area contributed by atoms with Gasteiger partial charge in [0.25, 0.3) is 0 Å². The second-order valence-corrected chi connectivity index (χ2v) is 11.2. The van der Waals surface area contributed by atoms with Gasteiger partial charge in [-0.1, -0.05) is 53.5 Å². The number of nitrogens with zero attached hydrogens (tertiary/aromatic N) is 3. The number of hydrogen-bond acceptors (Lipinski definition) is 4. The van der Waals surface area contributed by atoms with Gasteiger partial charge in [-0.2, -0.15) is 12.7 Å². The van der Waals surface area contributed by atoms with Crippen molar-refractivity contribution in [3.05, 3.63) is 64.4 Å². The van der Waals surface area contributed by atoms with E-state index in [9.17, 15) is 22.4 Å². The van der Waals surface area contributed by atoms with Crippen LogP contribution in [0.15, 0.2) is 53.0 Å². The molecule has 0 spiro atoms. The summed E-state index contributed by atoms with van der Waals surface area (Å²) in [6.45, 7) is 3.45. The van der Waals surface area contributed by atoms with E-state index in [-0.39, 0.29) is 18.1 Å². The summed E-state index contributed by atoms with van der Waals surface area (Å²) in [6.07, 6.45) is 1.69. The predicted octanol–water partition coefficient (Wildman–Crippen LogP) is 3.53. The SMILES string of the molecule is CCCCNC(=O)C(C)N(Cc1ccc(Br)cc1)C(=O)CN(c1ccccc1F)S(=O)(=O)N(C)C. The van der Waals surface area contributed by atoms with Gasteiger partial charge in [0.2, 0.25) is 11.8 Å². The van der Waals surface area contributed by atoms with Crippen LogP contribution in [-0.4, -0.2) is 62.7 Å². The molecule has 0 heterocycles. The molecule has 0 aromatic heterocycles. The second kappa shape index (κ2) is 13.0. The molecule has 11 heteroatoms. The Kier molecular flexibility index (Phi) is 10.7. The third-order valence-electron chi connectivity index (χ3n) is 5.40. The van der Waals surface area contributed by atoms with Gasteiger partial charge in [-0.15, -0.1) is 0 Å². The monoisotopic (exact) mass is 570 g/mol. The van der Waals surface area contributed by atoms with Crippen LogP contribution in [0.4, 0.5) is 10.1 Å². The lowest BCUT2D eigenvalue weighted by molar-refractivity contribution is -0.139. The summed E-state index contributed by atoms with van der Waals surface area (Å²) in [4.78, 5) is 27.7. The van der Waals surface area contributed by atoms with Gasteiger partial charge in [0.05, 0.1) is 5.69 Å². The Morgan fingerprint density at radius 2 is 1.71 bits per heavy atom. The first-order valence-electron chi connectivity index (χ1n) is 11.2. The average Bonchev–Trinajstić information content (AvgIpc) is 2.82. The molecule has 0 bridgehead atoms. The third kappa shape index (κ3) is 7.74. The zero-order chi connectivity index (χ0) is 26.2. The van der Waals surface area contributed by atoms with Crippen molar-refractivity contribution in [2.75, 3.05) is 31.5 Å². The Morgan fingerprint density at radius 3 is 2.29 bits per heavy atom. The molecule has 2 amide bonds. The molecular formula is C24H32BrFN4O4S. The Balaban J connectivity index is 2.42. The number of amides is 2. The van der Waals surface area contributed by atoms with Crippen molar-refractivity contribution in [2.24, 2.45) is 0 Å². The molecule has 0 aliphatic heterocycles. The first-order chi connectivity index (χ1) is 16.5. The summed E-state index contributed by atoms with van der Waals surface area (Å²) in [5.41, 5.74) is 0.501. The Bertz CT molecular complexity index is 1110. The Morgan fingerprint density at radius 1 is 1.09 bits per heavy atom. The van der Waals surface area contributed by atoms with E-state index >= 15 is 0 Å². The first kappa shape index (κ1) is 28.7. The molecule has 8 nitrogen and oxygen atoms in total. The molecule has 0 aliphatic carbocycles. The molecule has 0 radical (unpaired) electrons. The van der Waals surface area contributed by atoms with Gasteiger partial charge < -0.3 is 10.2 Å². The highest BCUT2D eigenvalue weighted by Gasteiger charge is 2.33. The fourth-order valence-electron chi connectivity index (χ4n) is 3.26. The smallest absolute Gasteiger partial charge is 0.304 e. The molecule has 2 rings (SSSR count). The van der Waals surface area contributed by atoms with Gasteiger partial charge in [-0.3, -0.25) is 9.59 Å². The summed E-state index contributed by atoms with van der Waals surface area (Å²) in [6, 6.07) is 11.7. The maximum Gasteiger partial charge on any atom is 0.304 e. The van der Waals surface area contributed by atoms with Crippen LogP contribution in [0.25, 0.3) is 0 Å². The number of benzene rings is 2. The number of carbonyl (C=O) groups excluding carboxylic acids is 2. The Hall–Kier alpha value is -2.50. The van der Waals surface area contributed by atoms with E-state index in [4.69, 9.17) is 0 Å². The van der Waals surface area contributed by atoms with Crippen LogP contribution in [0.3, 0.4) is 0 Å². The summed E-state index contributed by atoms with van der Waals surface area (Å²) in [5.74, 6) is -1.77. The number of halogens is 2. The molecule has 0 fully saturated rings. The van der Waals surface area contributed by atoms with Crippen molar-refractivity contribution in [2.45, 2.75) is 39.3 Å². The summed E-state index contributed by atoms with van der Waals surface area (Å²) in [5, 5.41) is 2.82. The van der Waals surface area contributed by atoms with Crippen LogP contribution < -0.4 is 9.62 Å². The molecule has 0 aliphatic rings. The largest absolute Gasteiger partial charge is 0.354 e. The highest BCUT2D eigenvalue weighted by Crippen LogP contribution is 2.24. The fraction of sp³-hybridized carbons (Fsp3) is 0.417. The highest BCUT2D eigenvalue weighted by molar-refractivity contribution is 9.10. The maximum atomic E-state index is 14.6. The minimum atomic E-state index is -4.21. The van der Waals surface area contributed by atoms with E-state index in [0.717, 1.165) is 37.6 Å². The van der Waals surface area contributed by atoms with Crippen molar-refractivity contribution in [3.63, 3.8) is 0 Å². The van der Waals surface area contributed by atoms with Crippen molar-refractivity contribution in [1.29, 1.82) is 0 Å². The molecule has 192 valence electrons. The summed E-state index contributed by atoms with van der Waals surface area (Å²) >= 11 is 3.37. The van der Waals surface area contributed by atoms with Crippen LogP contribution >= 0.6 is 15.9 Å². The lowest BCUT2D eigenvalue weighted by atomic mass is 10.1. The zero-order valence-electron chi connectivity index (χ0n) is 20.4. The van der Waals surface area contributed by atoms with Gasteiger partial charge in [-0.05, 0) is 43.2 Å². The van der Waals surface area contributed by atoms with E-state index < -0.39 is 34.5 Å². The van der Waals surface area contributed by atoms with E-state index in [2.05, 4.69) is 21.2 Å². The van der Waals surface area contributed by atoms with Crippen LogP contribution in [0.5, 0.6) is 0 Å². The highest BCUT2D eigenvalue weighted by atomic mass is 79.9. The van der Waals surface area contributed by atoms with Gasteiger partial charge in [0.15, 0.2) is 0 Å². The summed E-state index contributed by atoms with van der Waals surface area (Å²) < 4.78 is 43.2. The van der Waals surface area contributed by atoms with Crippen molar-refractivity contribution in [1.82, 2.24) is 14.5 Å². The average molecular weight is 572 g/mol. The van der Waals surface area contributed by atoms with Gasteiger partial charge >= 0.3 is 10.2 Å². The second-order valence-electron chi connectivity index (χ2n) is 8.22. The molecule has 1 atom stereocenters. The Labute approximate surface area is 215 Å². The summed E-state index contributed by atoms with van der Waals surface area (Å²) in [7, 11) is -1.61. The van der Waals surface area contributed by atoms with E-state index in [1.54, 1.807) is 19.1 Å². The molecule has 0 saturated carbocycles. The lowest BCUT2D eigenvalue weighted by Crippen LogP contribution is -2.52. The van der Waals surface area contributed by atoms with E-state index in [0.29, 0.717) is 6.54 Å². The number of rotatable bonds is 12. The third-order valence-corrected chi connectivity index (χ3v) is 7.74. The van der Waals surface area contributed by atoms with Gasteiger partial charge in [-0.25, -0.2) is 8.70 Å². The maximum absolute atomic E-state index is 14.6. The zero-order valence-corrected chi connectivity index (χ0v) is 22.8. The minimum absolute atomic E-state index is 0.0710. The standard InChI is InChI=1S/C24H32BrFN4O4S/c1-5-6-15-27-24(32)18(2)29(16-19-11-13-20(25)14-12-19)23(31)17-30(35(33,34)28(3)4)22-10-8-7-9-21(22)26/h7-14,18H,5-6,15-17H2,1-4H3,(H,27,32). The van der Waals surface area contributed by atoms with Crippen LogP contribution in [0.1, 0.15) is 32.3 Å². The normalized spacial score (nSPS) is 12.3. The number of para-hydroxylation sites is 1. The molecule has 0 saturated heterocycles. The quantitative estimate of drug-likeness (QED) is 0.395. The van der Waals surface area contributed by atoms with Crippen LogP contribution in [-0.2, 0) is 26.3 Å². The molecule has 1 unspecified atom stereocenters. The van der Waals surface area contributed by atoms with Gasteiger partial charge in [0, 0.05) is 31.7 Å². The van der Waals surface area contributed by atoms with Crippen LogP contribution in [0, 0.1) is 5.82 Å². The predicted molar refractivity (Wildman–Crippen MR) is 138 cm³/mol. The van der Waals surface area contributed by atoms with Gasteiger partial charge in [0.1, 0.15) is 18.4 Å². The fourth-order valence-corrected chi connectivity index (χ4v) is 4.59. The first-order valence-corrected chi connectivity index (χ1v) is 13.4. The topological polar surface area (TPSA) is 90.0 Å². The lowest BCUT2D eigenvalue weighted by Gasteiger charge is -2.33. The molecule has 1 N–H and O–H groups in total. The minimum Gasteiger partial charge on any atom is -0.354 e. The van der Waals surface area contributed by atoms with Crippen molar-refractivity contribution >= 4 is 43.6 Å². The number of unbranched alkanes of at least 4 members (excludes halogenated alkanes) is 1.